The first kappa shape index (κ1) is 16.2. The molecule has 0 saturated carbocycles. The van der Waals surface area contributed by atoms with Crippen LogP contribution in [0.4, 0.5) is 19.0 Å². The standard InChI is InChI=1S/C13H14F3N7O/c1-22-6-4-19-11(22)12(24,13(14,15)16)2-3-17-9-10-21-20-8-23(10)7-5-18-9/h4-8,24H,2-3H2,1H3,(H,17,18)/t12-/m0/s1. The molecule has 3 rings (SSSR count). The van der Waals surface area contributed by atoms with Crippen LogP contribution in [0.2, 0.25) is 0 Å². The maximum atomic E-state index is 13.4. The summed E-state index contributed by atoms with van der Waals surface area (Å²) in [6, 6.07) is 0. The van der Waals surface area contributed by atoms with Gasteiger partial charge in [0.2, 0.25) is 11.2 Å². The van der Waals surface area contributed by atoms with Gasteiger partial charge in [0, 0.05) is 44.8 Å². The van der Waals surface area contributed by atoms with E-state index < -0.39 is 24.0 Å². The molecule has 0 aliphatic rings. The molecule has 0 radical (unpaired) electrons. The topological polar surface area (TPSA) is 93.2 Å². The molecule has 0 aromatic carbocycles. The molecular weight excluding hydrogens is 327 g/mol. The lowest BCUT2D eigenvalue weighted by molar-refractivity contribution is -0.271. The Labute approximate surface area is 134 Å². The number of nitrogens with one attached hydrogen (secondary N) is 1. The van der Waals surface area contributed by atoms with E-state index in [2.05, 4.69) is 25.5 Å². The number of aryl methyl sites for hydroxylation is 1. The molecule has 3 aromatic heterocycles. The van der Waals surface area contributed by atoms with Crippen molar-refractivity contribution in [2.75, 3.05) is 11.9 Å². The quantitative estimate of drug-likeness (QED) is 0.722. The average molecular weight is 341 g/mol. The number of aromatic nitrogens is 6. The molecule has 0 fully saturated rings. The molecule has 3 aromatic rings. The number of anilines is 1. The summed E-state index contributed by atoms with van der Waals surface area (Å²) >= 11 is 0. The van der Waals surface area contributed by atoms with Crippen molar-refractivity contribution in [2.45, 2.75) is 18.2 Å². The summed E-state index contributed by atoms with van der Waals surface area (Å²) < 4.78 is 42.9. The largest absolute Gasteiger partial charge is 0.424 e. The molecule has 11 heteroatoms. The maximum absolute atomic E-state index is 13.4. The van der Waals surface area contributed by atoms with E-state index in [1.165, 1.54) is 32.0 Å². The van der Waals surface area contributed by atoms with Crippen molar-refractivity contribution in [3.05, 3.63) is 36.9 Å². The second kappa shape index (κ2) is 5.74. The van der Waals surface area contributed by atoms with Crippen molar-refractivity contribution in [1.29, 1.82) is 0 Å². The van der Waals surface area contributed by atoms with E-state index in [1.54, 1.807) is 10.6 Å². The average Bonchev–Trinajstić information content (AvgIpc) is 3.15. The zero-order valence-corrected chi connectivity index (χ0v) is 12.6. The van der Waals surface area contributed by atoms with Gasteiger partial charge in [0.25, 0.3) is 0 Å². The van der Waals surface area contributed by atoms with E-state index in [9.17, 15) is 18.3 Å². The number of hydrogen-bond acceptors (Lipinski definition) is 6. The number of hydrogen-bond donors (Lipinski definition) is 2. The zero-order valence-electron chi connectivity index (χ0n) is 12.6. The highest BCUT2D eigenvalue weighted by molar-refractivity contribution is 5.61. The van der Waals surface area contributed by atoms with Crippen LogP contribution in [0.1, 0.15) is 12.2 Å². The number of halogens is 3. The molecule has 0 bridgehead atoms. The Hall–Kier alpha value is -2.69. The molecule has 0 amide bonds. The molecule has 24 heavy (non-hydrogen) atoms. The SMILES string of the molecule is Cn1ccnc1[C@@](O)(CCNc1nccn2cnnc12)C(F)(F)F. The van der Waals surface area contributed by atoms with Crippen molar-refractivity contribution in [1.82, 2.24) is 29.1 Å². The van der Waals surface area contributed by atoms with Gasteiger partial charge in [-0.25, -0.2) is 9.97 Å². The molecule has 0 unspecified atom stereocenters. The summed E-state index contributed by atoms with van der Waals surface area (Å²) in [7, 11) is 1.39. The van der Waals surface area contributed by atoms with Crippen LogP contribution < -0.4 is 5.32 Å². The molecule has 0 saturated heterocycles. The predicted octanol–water partition coefficient (Wildman–Crippen LogP) is 1.11. The normalized spacial score (nSPS) is 14.7. The van der Waals surface area contributed by atoms with Crippen LogP contribution in [0.15, 0.2) is 31.1 Å². The lowest BCUT2D eigenvalue weighted by Crippen LogP contribution is -2.45. The Balaban J connectivity index is 1.80. The van der Waals surface area contributed by atoms with E-state index >= 15 is 0 Å². The van der Waals surface area contributed by atoms with Crippen molar-refractivity contribution in [2.24, 2.45) is 7.05 Å². The van der Waals surface area contributed by atoms with Gasteiger partial charge >= 0.3 is 6.18 Å². The molecule has 8 nitrogen and oxygen atoms in total. The fourth-order valence-corrected chi connectivity index (χ4v) is 2.39. The molecule has 1 atom stereocenters. The van der Waals surface area contributed by atoms with Crippen LogP contribution in [-0.4, -0.2) is 47.0 Å². The monoisotopic (exact) mass is 341 g/mol. The lowest BCUT2D eigenvalue weighted by atomic mass is 9.97. The number of alkyl halides is 3. The minimum Gasteiger partial charge on any atom is -0.374 e. The molecule has 3 heterocycles. The number of rotatable bonds is 5. The Morgan fingerprint density at radius 3 is 2.62 bits per heavy atom. The van der Waals surface area contributed by atoms with E-state index in [1.807, 2.05) is 0 Å². The highest BCUT2D eigenvalue weighted by Crippen LogP contribution is 2.40. The number of aliphatic hydroxyl groups is 1. The van der Waals surface area contributed by atoms with Gasteiger partial charge in [-0.05, 0) is 0 Å². The Morgan fingerprint density at radius 2 is 1.96 bits per heavy atom. The Morgan fingerprint density at radius 1 is 1.21 bits per heavy atom. The van der Waals surface area contributed by atoms with E-state index in [4.69, 9.17) is 0 Å². The van der Waals surface area contributed by atoms with Crippen LogP contribution in [0.25, 0.3) is 5.65 Å². The molecule has 0 aliphatic heterocycles. The smallest absolute Gasteiger partial charge is 0.374 e. The molecule has 128 valence electrons. The van der Waals surface area contributed by atoms with Crippen molar-refractivity contribution in [3.8, 4) is 0 Å². The van der Waals surface area contributed by atoms with Crippen LogP contribution in [-0.2, 0) is 12.6 Å². The van der Waals surface area contributed by atoms with Crippen molar-refractivity contribution in [3.63, 3.8) is 0 Å². The van der Waals surface area contributed by atoms with Crippen molar-refractivity contribution < 1.29 is 18.3 Å². The van der Waals surface area contributed by atoms with Gasteiger partial charge in [-0.15, -0.1) is 10.2 Å². The first-order valence-electron chi connectivity index (χ1n) is 6.98. The molecule has 0 spiro atoms. The van der Waals surface area contributed by atoms with Gasteiger partial charge < -0.3 is 15.0 Å². The fraction of sp³-hybridized carbons (Fsp3) is 0.385. The summed E-state index contributed by atoms with van der Waals surface area (Å²) in [4.78, 5) is 7.67. The van der Waals surface area contributed by atoms with Gasteiger partial charge in [0.05, 0.1) is 0 Å². The maximum Gasteiger partial charge on any atom is 0.424 e. The fourth-order valence-electron chi connectivity index (χ4n) is 2.39. The third-order valence-electron chi connectivity index (χ3n) is 3.66. The summed E-state index contributed by atoms with van der Waals surface area (Å²) in [5.41, 5.74) is -2.69. The third kappa shape index (κ3) is 2.66. The predicted molar refractivity (Wildman–Crippen MR) is 77.0 cm³/mol. The number of nitrogens with zero attached hydrogens (tertiary/aromatic N) is 6. The summed E-state index contributed by atoms with van der Waals surface area (Å²) in [5.74, 6) is -0.190. The second-order valence-electron chi connectivity index (χ2n) is 5.23. The molecular formula is C13H14F3N7O. The first-order chi connectivity index (χ1) is 11.3. The van der Waals surface area contributed by atoms with E-state index in [0.29, 0.717) is 5.65 Å². The number of imidazole rings is 1. The van der Waals surface area contributed by atoms with Crippen LogP contribution >= 0.6 is 0 Å². The summed E-state index contributed by atoms with van der Waals surface area (Å²) in [6.45, 7) is -0.192. The highest BCUT2D eigenvalue weighted by Gasteiger charge is 2.57. The van der Waals surface area contributed by atoms with Gasteiger partial charge in [0.15, 0.2) is 5.82 Å². The summed E-state index contributed by atoms with van der Waals surface area (Å²) in [5, 5.41) is 20.5. The van der Waals surface area contributed by atoms with Crippen LogP contribution in [0.5, 0.6) is 0 Å². The van der Waals surface area contributed by atoms with E-state index in [-0.39, 0.29) is 12.4 Å². The second-order valence-corrected chi connectivity index (χ2v) is 5.23. The molecule has 0 aliphatic carbocycles. The van der Waals surface area contributed by atoms with Crippen LogP contribution in [0, 0.1) is 0 Å². The number of fused-ring (bicyclic) bond motifs is 1. The van der Waals surface area contributed by atoms with Gasteiger partial charge in [-0.1, -0.05) is 0 Å². The minimum absolute atomic E-state index is 0.192. The first-order valence-corrected chi connectivity index (χ1v) is 6.98. The van der Waals surface area contributed by atoms with Gasteiger partial charge in [0.1, 0.15) is 12.2 Å². The van der Waals surface area contributed by atoms with Gasteiger partial charge in [-0.2, -0.15) is 13.2 Å². The van der Waals surface area contributed by atoms with Gasteiger partial charge in [-0.3, -0.25) is 4.40 Å². The Kier molecular flexibility index (Phi) is 3.87. The molecule has 2 N–H and O–H groups in total. The minimum atomic E-state index is -4.87. The summed E-state index contributed by atoms with van der Waals surface area (Å²) in [6.07, 6.45) is 1.56. The van der Waals surface area contributed by atoms with Crippen LogP contribution in [0.3, 0.4) is 0 Å². The third-order valence-corrected chi connectivity index (χ3v) is 3.66. The van der Waals surface area contributed by atoms with E-state index in [0.717, 1.165) is 4.57 Å². The van der Waals surface area contributed by atoms with Crippen molar-refractivity contribution >= 4 is 11.5 Å². The lowest BCUT2D eigenvalue weighted by Gasteiger charge is -2.30. The Bertz CT molecular complexity index is 843. The highest BCUT2D eigenvalue weighted by atomic mass is 19.4. The zero-order chi connectivity index (χ0) is 17.4.